The molecule has 5 heteroatoms. The van der Waals surface area contributed by atoms with Crippen LogP contribution in [0.5, 0.6) is 0 Å². The number of aromatic nitrogens is 2. The van der Waals surface area contributed by atoms with E-state index in [0.717, 1.165) is 25.1 Å². The maximum Gasteiger partial charge on any atom is 0.273 e. The minimum absolute atomic E-state index is 0.133. The van der Waals surface area contributed by atoms with Crippen LogP contribution in [0.3, 0.4) is 0 Å². The van der Waals surface area contributed by atoms with Gasteiger partial charge in [0.15, 0.2) is 5.69 Å². The van der Waals surface area contributed by atoms with E-state index in [1.54, 1.807) is 0 Å². The number of H-pyrrole nitrogens is 1. The van der Waals surface area contributed by atoms with Gasteiger partial charge in [0.05, 0.1) is 11.4 Å². The number of aromatic amines is 1. The van der Waals surface area contributed by atoms with Crippen LogP contribution in [0.4, 0.5) is 5.69 Å². The van der Waals surface area contributed by atoms with Crippen molar-refractivity contribution in [3.05, 3.63) is 11.4 Å². The number of amides is 1. The van der Waals surface area contributed by atoms with Crippen LogP contribution in [0.1, 0.15) is 67.0 Å². The molecule has 0 bridgehead atoms. The van der Waals surface area contributed by atoms with E-state index in [0.29, 0.717) is 23.2 Å². The van der Waals surface area contributed by atoms with Crippen LogP contribution in [0, 0.1) is 5.92 Å². The molecule has 19 heavy (non-hydrogen) atoms. The summed E-state index contributed by atoms with van der Waals surface area (Å²) in [5, 5.41) is 9.98. The molecule has 0 unspecified atom stereocenters. The molecular formula is C14H22N4O. The highest BCUT2D eigenvalue weighted by molar-refractivity contribution is 5.97. The Morgan fingerprint density at radius 3 is 2.68 bits per heavy atom. The van der Waals surface area contributed by atoms with Crippen molar-refractivity contribution in [3.8, 4) is 0 Å². The van der Waals surface area contributed by atoms with Crippen LogP contribution in [0.25, 0.3) is 0 Å². The van der Waals surface area contributed by atoms with Gasteiger partial charge in [-0.2, -0.15) is 5.10 Å². The second-order valence-corrected chi connectivity index (χ2v) is 5.89. The minimum atomic E-state index is -0.133. The van der Waals surface area contributed by atoms with Crippen molar-refractivity contribution in [1.82, 2.24) is 15.5 Å². The summed E-state index contributed by atoms with van der Waals surface area (Å²) in [6, 6.07) is 0. The van der Waals surface area contributed by atoms with Crippen molar-refractivity contribution in [3.63, 3.8) is 0 Å². The summed E-state index contributed by atoms with van der Waals surface area (Å²) in [6.07, 6.45) is 8.66. The van der Waals surface area contributed by atoms with Crippen LogP contribution in [0.2, 0.25) is 0 Å². The van der Waals surface area contributed by atoms with Gasteiger partial charge in [0.25, 0.3) is 5.91 Å². The largest absolute Gasteiger partial charge is 0.395 e. The number of nitrogens with zero attached hydrogens (tertiary/aromatic N) is 1. The standard InChI is InChI=1S/C14H22N4O/c15-11-12(10-6-7-10)17-18-13(11)14(19)16-8-9-4-2-1-3-5-9/h9-10H,1-8,15H2,(H,16,19)(H,17,18). The van der Waals surface area contributed by atoms with E-state index in [2.05, 4.69) is 15.5 Å². The first kappa shape index (κ1) is 12.5. The van der Waals surface area contributed by atoms with Gasteiger partial charge in [-0.3, -0.25) is 9.89 Å². The van der Waals surface area contributed by atoms with E-state index in [4.69, 9.17) is 5.73 Å². The van der Waals surface area contributed by atoms with Gasteiger partial charge in [0.1, 0.15) is 0 Å². The average Bonchev–Trinajstić information content (AvgIpc) is 3.20. The monoisotopic (exact) mass is 262 g/mol. The number of nitrogens with one attached hydrogen (secondary N) is 2. The number of rotatable bonds is 4. The fourth-order valence-electron chi connectivity index (χ4n) is 2.93. The lowest BCUT2D eigenvalue weighted by atomic mass is 9.89. The van der Waals surface area contributed by atoms with Crippen molar-refractivity contribution in [2.45, 2.75) is 50.9 Å². The number of nitrogens with two attached hydrogens (primary N) is 1. The fraction of sp³-hybridized carbons (Fsp3) is 0.714. The highest BCUT2D eigenvalue weighted by atomic mass is 16.1. The maximum atomic E-state index is 12.1. The first-order valence-corrected chi connectivity index (χ1v) is 7.37. The molecule has 2 saturated carbocycles. The summed E-state index contributed by atoms with van der Waals surface area (Å²) in [7, 11) is 0. The van der Waals surface area contributed by atoms with Crippen molar-refractivity contribution in [2.24, 2.45) is 5.92 Å². The lowest BCUT2D eigenvalue weighted by molar-refractivity contribution is 0.0939. The molecule has 5 nitrogen and oxygen atoms in total. The van der Waals surface area contributed by atoms with Gasteiger partial charge in [-0.25, -0.2) is 0 Å². The summed E-state index contributed by atoms with van der Waals surface area (Å²) in [5.41, 5.74) is 7.86. The SMILES string of the molecule is Nc1c(C(=O)NCC2CCCCC2)n[nH]c1C1CC1. The van der Waals surface area contributed by atoms with Gasteiger partial charge < -0.3 is 11.1 Å². The average molecular weight is 262 g/mol. The van der Waals surface area contributed by atoms with Gasteiger partial charge >= 0.3 is 0 Å². The van der Waals surface area contributed by atoms with Crippen molar-refractivity contribution in [1.29, 1.82) is 0 Å². The van der Waals surface area contributed by atoms with Crippen LogP contribution in [0.15, 0.2) is 0 Å². The van der Waals surface area contributed by atoms with Gasteiger partial charge in [0, 0.05) is 12.5 Å². The number of hydrogen-bond donors (Lipinski definition) is 3. The van der Waals surface area contributed by atoms with Crippen molar-refractivity contribution in [2.75, 3.05) is 12.3 Å². The molecule has 4 N–H and O–H groups in total. The molecule has 1 heterocycles. The summed E-state index contributed by atoms with van der Waals surface area (Å²) in [5.74, 6) is 0.986. The maximum absolute atomic E-state index is 12.1. The molecule has 0 aliphatic heterocycles. The predicted octanol–water partition coefficient (Wildman–Crippen LogP) is 2.18. The first-order chi connectivity index (χ1) is 9.25. The zero-order valence-electron chi connectivity index (χ0n) is 11.2. The quantitative estimate of drug-likeness (QED) is 0.777. The lowest BCUT2D eigenvalue weighted by Gasteiger charge is -2.21. The Labute approximate surface area is 113 Å². The smallest absolute Gasteiger partial charge is 0.273 e. The van der Waals surface area contributed by atoms with Crippen LogP contribution < -0.4 is 11.1 Å². The highest BCUT2D eigenvalue weighted by Gasteiger charge is 2.30. The lowest BCUT2D eigenvalue weighted by Crippen LogP contribution is -2.31. The minimum Gasteiger partial charge on any atom is -0.395 e. The number of nitrogen functional groups attached to an aromatic ring is 1. The summed E-state index contributed by atoms with van der Waals surface area (Å²) < 4.78 is 0. The third-order valence-corrected chi connectivity index (χ3v) is 4.31. The first-order valence-electron chi connectivity index (χ1n) is 7.37. The Balaban J connectivity index is 1.57. The number of carbonyl (C=O) groups excluding carboxylic acids is 1. The van der Waals surface area contributed by atoms with E-state index >= 15 is 0 Å². The van der Waals surface area contributed by atoms with E-state index < -0.39 is 0 Å². The molecule has 0 spiro atoms. The van der Waals surface area contributed by atoms with Crippen LogP contribution >= 0.6 is 0 Å². The molecule has 1 amide bonds. The van der Waals surface area contributed by atoms with Crippen molar-refractivity contribution < 1.29 is 4.79 Å². The molecule has 2 aliphatic rings. The Bertz CT molecular complexity index is 458. The fourth-order valence-corrected chi connectivity index (χ4v) is 2.93. The van der Waals surface area contributed by atoms with Gasteiger partial charge in [0.2, 0.25) is 0 Å². The zero-order valence-corrected chi connectivity index (χ0v) is 11.2. The molecule has 0 radical (unpaired) electrons. The highest BCUT2D eigenvalue weighted by Crippen LogP contribution is 2.42. The van der Waals surface area contributed by atoms with Gasteiger partial charge in [-0.05, 0) is 31.6 Å². The molecular weight excluding hydrogens is 240 g/mol. The van der Waals surface area contributed by atoms with E-state index in [9.17, 15) is 4.79 Å². The molecule has 0 aromatic carbocycles. The Morgan fingerprint density at radius 2 is 2.00 bits per heavy atom. The molecule has 2 aliphatic carbocycles. The summed E-state index contributed by atoms with van der Waals surface area (Å²) in [6.45, 7) is 0.754. The molecule has 1 aromatic rings. The second kappa shape index (κ2) is 5.23. The molecule has 1 aromatic heterocycles. The van der Waals surface area contributed by atoms with Gasteiger partial charge in [-0.1, -0.05) is 19.3 Å². The normalized spacial score (nSPS) is 20.4. The molecule has 104 valence electrons. The number of anilines is 1. The molecule has 0 atom stereocenters. The zero-order chi connectivity index (χ0) is 13.2. The predicted molar refractivity (Wildman–Crippen MR) is 73.9 cm³/mol. The Kier molecular flexibility index (Phi) is 3.44. The number of hydrogen-bond acceptors (Lipinski definition) is 3. The Morgan fingerprint density at radius 1 is 1.26 bits per heavy atom. The van der Waals surface area contributed by atoms with Crippen molar-refractivity contribution >= 4 is 11.6 Å². The number of carbonyl (C=O) groups is 1. The van der Waals surface area contributed by atoms with E-state index in [1.807, 2.05) is 0 Å². The Hall–Kier alpha value is -1.52. The molecule has 0 saturated heterocycles. The van der Waals surface area contributed by atoms with Crippen LogP contribution in [-0.2, 0) is 0 Å². The second-order valence-electron chi connectivity index (χ2n) is 5.89. The third-order valence-electron chi connectivity index (χ3n) is 4.31. The third kappa shape index (κ3) is 2.74. The van der Waals surface area contributed by atoms with E-state index in [-0.39, 0.29) is 5.91 Å². The summed E-state index contributed by atoms with van der Waals surface area (Å²) in [4.78, 5) is 12.1. The topological polar surface area (TPSA) is 83.8 Å². The molecule has 2 fully saturated rings. The molecule has 3 rings (SSSR count). The van der Waals surface area contributed by atoms with Gasteiger partial charge in [-0.15, -0.1) is 0 Å². The van der Waals surface area contributed by atoms with Crippen LogP contribution in [-0.4, -0.2) is 22.6 Å². The van der Waals surface area contributed by atoms with E-state index in [1.165, 1.54) is 32.1 Å². The summed E-state index contributed by atoms with van der Waals surface area (Å²) >= 11 is 0.